The first kappa shape index (κ1) is 79.0. The molecule has 2 heterocycles. The van der Waals surface area contributed by atoms with Crippen LogP contribution < -0.4 is 48.3 Å². The number of aliphatic carboxylic acids is 4. The molecule has 530 valence electrons. The molecular weight excluding hydrogens is 1310 g/mol. The number of amides is 8. The van der Waals surface area contributed by atoms with E-state index in [0.717, 1.165) is 31.4 Å². The largest absolute Gasteiger partial charge is 0.480 e. The minimum absolute atomic E-state index is 0.0513. The summed E-state index contributed by atoms with van der Waals surface area (Å²) in [6, 6.07) is 11.7. The van der Waals surface area contributed by atoms with E-state index in [-0.39, 0.29) is 70.6 Å². The molecule has 1 fully saturated rings. The summed E-state index contributed by atoms with van der Waals surface area (Å²) in [4.78, 5) is 171. The third-order valence-electron chi connectivity index (χ3n) is 15.4. The second kappa shape index (κ2) is 40.7. The highest BCUT2D eigenvalue weighted by molar-refractivity contribution is 8.76. The predicted molar refractivity (Wildman–Crippen MR) is 356 cm³/mol. The van der Waals surface area contributed by atoms with Crippen molar-refractivity contribution in [2.24, 2.45) is 5.73 Å². The fraction of sp³-hybridized carbons (Fsp3) is 0.492. The molecule has 0 aliphatic carbocycles. The maximum atomic E-state index is 15.2. The third-order valence-corrected chi connectivity index (χ3v) is 17.8. The maximum Gasteiger partial charge on any atom is 0.317 e. The van der Waals surface area contributed by atoms with Gasteiger partial charge in [-0.1, -0.05) is 100 Å². The topological polar surface area (TPSA) is 494 Å². The molecule has 32 nitrogen and oxygen atoms in total. The van der Waals surface area contributed by atoms with Gasteiger partial charge in [0.05, 0.1) is 57.6 Å². The fourth-order valence-electron chi connectivity index (χ4n) is 10.3. The number of aromatic amines is 1. The summed E-state index contributed by atoms with van der Waals surface area (Å²) in [6.07, 6.45) is -1.31. The number of aliphatic hydroxyl groups excluding tert-OH is 3. The number of hydrogen-bond acceptors (Lipinski definition) is 21. The van der Waals surface area contributed by atoms with Crippen molar-refractivity contribution in [3.63, 3.8) is 0 Å². The summed E-state index contributed by atoms with van der Waals surface area (Å²) in [7, 11) is 1.77. The molecule has 1 aromatic heterocycles. The molecule has 0 unspecified atom stereocenters. The maximum absolute atomic E-state index is 15.2. The molecule has 0 bridgehead atoms. The molecule has 1 aliphatic heterocycles. The lowest BCUT2D eigenvalue weighted by atomic mass is 10.0. The van der Waals surface area contributed by atoms with Gasteiger partial charge in [0, 0.05) is 74.0 Å². The van der Waals surface area contributed by atoms with Gasteiger partial charge in [-0.15, -0.1) is 0 Å². The van der Waals surface area contributed by atoms with E-state index in [1.54, 1.807) is 91.1 Å². The van der Waals surface area contributed by atoms with Gasteiger partial charge in [-0.25, -0.2) is 0 Å². The van der Waals surface area contributed by atoms with Crippen LogP contribution in [0.4, 0.5) is 0 Å². The van der Waals surface area contributed by atoms with Crippen LogP contribution >= 0.6 is 21.6 Å². The number of carbonyl (C=O) groups is 12. The zero-order valence-corrected chi connectivity index (χ0v) is 55.3. The number of benzene rings is 3. The second-order valence-corrected chi connectivity index (χ2v) is 25.8. The number of hydrogen-bond donors (Lipinski definition) is 17. The number of H-pyrrole nitrogens is 1. The SMILES string of the molecule is C[C@@H](O)[C@@H]1NC(=O)[C@H](CCCCN)NC(=O)[C@@H](Cc2c[nH]c3ccccc23)NC(=O)[C@H](Cc2ccccc2)NC(=O)[C@@H](NC(=O)[C@@H](Cc2ccccc2)NC(=O)CN(CCN(CCN(CC(=O)O)CC(=O)O)CC(=O)O)CC(=O)O)CSSC[C@@H](C(=O)N[C@H](CO)[C@@H](C)O)NC1=O. The van der Waals surface area contributed by atoms with Crippen LogP contribution in [0.25, 0.3) is 10.9 Å². The van der Waals surface area contributed by atoms with E-state index in [1.165, 1.54) is 18.7 Å². The first-order valence-electron chi connectivity index (χ1n) is 31.2. The number of para-hydroxylation sites is 1. The average Bonchev–Trinajstić information content (AvgIpc) is 1.76. The van der Waals surface area contributed by atoms with E-state index in [0.29, 0.717) is 34.0 Å². The van der Waals surface area contributed by atoms with Crippen LogP contribution in [0.3, 0.4) is 0 Å². The molecule has 1 aliphatic rings. The van der Waals surface area contributed by atoms with E-state index in [1.807, 2.05) is 0 Å². The number of carbonyl (C=O) groups excluding carboxylic acids is 8. The highest BCUT2D eigenvalue weighted by Gasteiger charge is 2.37. The van der Waals surface area contributed by atoms with Gasteiger partial charge in [-0.2, -0.15) is 0 Å². The number of fused-ring (bicyclic) bond motifs is 1. The fourth-order valence-corrected chi connectivity index (χ4v) is 12.6. The number of nitrogens with one attached hydrogen (secondary N) is 9. The van der Waals surface area contributed by atoms with Crippen LogP contribution in [0.15, 0.2) is 91.1 Å². The van der Waals surface area contributed by atoms with Crippen LogP contribution in [-0.4, -0.2) is 271 Å². The normalized spacial score (nSPS) is 19.8. The molecule has 0 spiro atoms. The Morgan fingerprint density at radius 3 is 1.68 bits per heavy atom. The zero-order chi connectivity index (χ0) is 71.1. The van der Waals surface area contributed by atoms with Gasteiger partial charge in [-0.3, -0.25) is 72.2 Å². The van der Waals surface area contributed by atoms with E-state index in [2.05, 4.69) is 47.5 Å². The number of carboxylic acid groups (broad SMARTS) is 4. The van der Waals surface area contributed by atoms with Crippen LogP contribution in [0.5, 0.6) is 0 Å². The summed E-state index contributed by atoms with van der Waals surface area (Å²) in [6.45, 7) is -2.46. The van der Waals surface area contributed by atoms with Crippen LogP contribution in [-0.2, 0) is 76.8 Å². The molecule has 34 heteroatoms. The van der Waals surface area contributed by atoms with Gasteiger partial charge in [0.25, 0.3) is 0 Å². The quantitative estimate of drug-likeness (QED) is 0.0160. The Hall–Kier alpha value is -8.74. The monoisotopic (exact) mass is 1390 g/mol. The van der Waals surface area contributed by atoms with Crippen LogP contribution in [0.1, 0.15) is 49.8 Å². The lowest BCUT2D eigenvalue weighted by molar-refractivity contribution is -0.143. The lowest BCUT2D eigenvalue weighted by Gasteiger charge is -2.29. The smallest absolute Gasteiger partial charge is 0.317 e. The van der Waals surface area contributed by atoms with Crippen molar-refractivity contribution in [3.05, 3.63) is 108 Å². The van der Waals surface area contributed by atoms with Crippen molar-refractivity contribution >= 4 is 104 Å². The van der Waals surface area contributed by atoms with E-state index in [9.17, 15) is 83.7 Å². The lowest BCUT2D eigenvalue weighted by Crippen LogP contribution is -2.62. The van der Waals surface area contributed by atoms with Crippen molar-refractivity contribution in [1.82, 2.24) is 62.2 Å². The van der Waals surface area contributed by atoms with Crippen LogP contribution in [0.2, 0.25) is 0 Å². The summed E-state index contributed by atoms with van der Waals surface area (Å²) in [5.74, 6) is -13.8. The molecule has 3 aromatic carbocycles. The van der Waals surface area contributed by atoms with Crippen molar-refractivity contribution in [3.8, 4) is 0 Å². The minimum atomic E-state index is -1.78. The Balaban J connectivity index is 1.57. The van der Waals surface area contributed by atoms with E-state index >= 15 is 9.59 Å². The van der Waals surface area contributed by atoms with Gasteiger partial charge in [0.2, 0.25) is 47.3 Å². The molecule has 5 rings (SSSR count). The Morgan fingerprint density at radius 1 is 0.588 bits per heavy atom. The molecule has 4 aromatic rings. The number of rotatable bonds is 34. The Morgan fingerprint density at radius 2 is 1.10 bits per heavy atom. The van der Waals surface area contributed by atoms with Crippen molar-refractivity contribution in [2.75, 3.05) is 83.6 Å². The van der Waals surface area contributed by atoms with Gasteiger partial charge < -0.3 is 89.0 Å². The second-order valence-electron chi connectivity index (χ2n) is 23.3. The highest BCUT2D eigenvalue weighted by atomic mass is 33.1. The number of nitrogens with zero attached hydrogens (tertiary/aromatic N) is 3. The van der Waals surface area contributed by atoms with Crippen molar-refractivity contribution < 1.29 is 93.3 Å². The van der Waals surface area contributed by atoms with Gasteiger partial charge >= 0.3 is 23.9 Å². The predicted octanol–water partition coefficient (Wildman–Crippen LogP) is -3.40. The van der Waals surface area contributed by atoms with Gasteiger partial charge in [0.15, 0.2) is 0 Å². The minimum Gasteiger partial charge on any atom is -0.480 e. The van der Waals surface area contributed by atoms with Gasteiger partial charge in [0.1, 0.15) is 42.3 Å². The van der Waals surface area contributed by atoms with E-state index < -0.39 is 177 Å². The Bertz CT molecular complexity index is 3280. The first-order valence-corrected chi connectivity index (χ1v) is 33.7. The summed E-state index contributed by atoms with van der Waals surface area (Å²) in [5.41, 5.74) is 8.10. The van der Waals surface area contributed by atoms with Crippen molar-refractivity contribution in [2.45, 2.75) is 113 Å². The standard InChI is InChI=1S/C63H87N13O19S2/c1-37(78)48(34-77)70-62(94)50-36-97-96-35-49(71-58(90)45(25-39-13-5-3-6-14-39)66-51(80)29-75(31-53(83)84)23-21-74(30-52(81)82)22-24-76(32-54(85)86)33-55(87)88)61(93)68-46(26-40-15-7-4-8-16-40)59(91)69-47(27-41-28-65-43-18-10-9-17-42(41)43)60(92)67-44(19-11-12-20-64)57(89)73-56(38(2)79)63(95)72-50/h3-10,13-18,28,37-38,44-50,56,65,77-79H,11-12,19-27,29-36,64H2,1-2H3,(H,66,80)(H,67,92)(H,68,93)(H,69,91)(H,70,94)(H,71,90)(H,72,95)(H,73,89)(H,81,82)(H,83,84)(H,85,86)(H,87,88)/t37-,38-,44+,45-,46+,47-,48-,49+,50+,56+/m1/s1. The number of unbranched alkanes of at least 4 members (excludes halogenated alkanes) is 1. The summed E-state index contributed by atoms with van der Waals surface area (Å²) >= 11 is 0. The average molecular weight is 1390 g/mol. The Labute approximate surface area is 566 Å². The zero-order valence-electron chi connectivity index (χ0n) is 53.6. The molecule has 1 saturated heterocycles. The van der Waals surface area contributed by atoms with Crippen molar-refractivity contribution in [1.29, 1.82) is 0 Å². The number of aliphatic hydroxyl groups is 3. The summed E-state index contributed by atoms with van der Waals surface area (Å²) in [5, 5.41) is 91.6. The molecule has 97 heavy (non-hydrogen) atoms. The number of carboxylic acids is 4. The molecule has 18 N–H and O–H groups in total. The van der Waals surface area contributed by atoms with E-state index in [4.69, 9.17) is 5.73 Å². The number of aromatic nitrogens is 1. The third kappa shape index (κ3) is 27.7. The number of nitrogens with two attached hydrogens (primary N) is 1. The van der Waals surface area contributed by atoms with Crippen LogP contribution in [0, 0.1) is 0 Å². The molecule has 0 saturated carbocycles. The molecule has 8 amide bonds. The molecule has 10 atom stereocenters. The first-order chi connectivity index (χ1) is 46.2. The molecular formula is C63H87N13O19S2. The highest BCUT2D eigenvalue weighted by Crippen LogP contribution is 2.25. The summed E-state index contributed by atoms with van der Waals surface area (Å²) < 4.78 is 0. The molecule has 0 radical (unpaired) electrons. The Kier molecular flexibility index (Phi) is 33.2. The van der Waals surface area contributed by atoms with Gasteiger partial charge in [-0.05, 0) is 62.4 Å².